The fourth-order valence-corrected chi connectivity index (χ4v) is 0. The second kappa shape index (κ2) is 2.24. The molecule has 0 heterocycles. The highest BCUT2D eigenvalue weighted by Gasteiger charge is 1.87. The smallest absolute Gasteiger partial charge is 0.321 e. The zero-order chi connectivity index (χ0) is 5.15. The van der Waals surface area contributed by atoms with E-state index in [4.69, 9.17) is 0 Å². The highest BCUT2D eigenvalue weighted by Crippen LogP contribution is 1.62. The first kappa shape index (κ1) is 6.02. The van der Waals surface area contributed by atoms with Crippen molar-refractivity contribution in [3.63, 3.8) is 0 Å². The summed E-state index contributed by atoms with van der Waals surface area (Å²) in [6.45, 7) is 4.54. The van der Waals surface area contributed by atoms with E-state index in [0.29, 0.717) is 0 Å². The van der Waals surface area contributed by atoms with Gasteiger partial charge in [0.25, 0.3) is 0 Å². The van der Waals surface area contributed by atoms with Gasteiger partial charge in [0.15, 0.2) is 0 Å². The molecule has 1 nitrogen and oxygen atoms in total. The Morgan fingerprint density at radius 3 is 1.33 bits per heavy atom. The lowest BCUT2D eigenvalue weighted by Gasteiger charge is -1.82. The van der Waals surface area contributed by atoms with Gasteiger partial charge in [-0.15, -0.1) is 0 Å². The van der Waals surface area contributed by atoms with Crippen LogP contribution in [0.25, 0.3) is 0 Å². The second-order valence-electron chi connectivity index (χ2n) is 1.84. The van der Waals surface area contributed by atoms with Crippen molar-refractivity contribution in [1.29, 1.82) is 0 Å². The van der Waals surface area contributed by atoms with Crippen LogP contribution >= 0.6 is 0 Å². The monoisotopic (exact) mass is 102 g/mol. The SMILES string of the molecule is C[N+](C)=[Si](C)C. The lowest BCUT2D eigenvalue weighted by molar-refractivity contribution is -0.453. The molecule has 0 aliphatic carbocycles. The van der Waals surface area contributed by atoms with E-state index in [0.717, 1.165) is 0 Å². The number of hydrogen-bond donors (Lipinski definition) is 0. The summed E-state index contributed by atoms with van der Waals surface area (Å²) < 4.78 is 2.27. The molecule has 0 aliphatic rings. The molecule has 0 bridgehead atoms. The van der Waals surface area contributed by atoms with Crippen LogP contribution in [-0.4, -0.2) is 26.9 Å². The molecular weight excluding hydrogens is 90.1 g/mol. The Morgan fingerprint density at radius 2 is 1.33 bits per heavy atom. The van der Waals surface area contributed by atoms with Gasteiger partial charge in [-0.05, 0) is 0 Å². The van der Waals surface area contributed by atoms with E-state index in [9.17, 15) is 0 Å². The molecule has 2 heteroatoms. The maximum absolute atomic E-state index is 2.27. The zero-order valence-corrected chi connectivity index (χ0v) is 5.95. The van der Waals surface area contributed by atoms with Gasteiger partial charge in [0.1, 0.15) is 14.1 Å². The van der Waals surface area contributed by atoms with Crippen LogP contribution in [0, 0.1) is 0 Å². The van der Waals surface area contributed by atoms with Crippen molar-refractivity contribution in [2.45, 2.75) is 13.1 Å². The van der Waals surface area contributed by atoms with Crippen LogP contribution in [0.4, 0.5) is 0 Å². The molecule has 0 fully saturated rings. The molecule has 0 radical (unpaired) electrons. The van der Waals surface area contributed by atoms with Crippen LogP contribution < -0.4 is 0 Å². The number of hydrogen-bond acceptors (Lipinski definition) is 0. The Hall–Kier alpha value is 0.0169. The topological polar surface area (TPSA) is 3.01 Å². The molecule has 0 aromatic heterocycles. The molecular formula is C4H12NSi+. The van der Waals surface area contributed by atoms with Crippen LogP contribution in [-0.2, 0) is 0 Å². The van der Waals surface area contributed by atoms with E-state index in [1.807, 2.05) is 0 Å². The standard InChI is InChI=1S/C4H12NSi/c1-5(2)6(3)4/h1-4H3/q+1. The molecule has 0 saturated heterocycles. The van der Waals surface area contributed by atoms with Gasteiger partial charge in [0.2, 0.25) is 0 Å². The van der Waals surface area contributed by atoms with Crippen LogP contribution in [0.15, 0.2) is 0 Å². The Kier molecular flexibility index (Phi) is 2.24. The summed E-state index contributed by atoms with van der Waals surface area (Å²) in [5, 5.41) is 0. The Bertz CT molecular complexity index is 57.6. The molecule has 0 rings (SSSR count). The van der Waals surface area contributed by atoms with E-state index in [-0.39, 0.29) is 8.59 Å². The van der Waals surface area contributed by atoms with Gasteiger partial charge >= 0.3 is 8.59 Å². The predicted octanol–water partition coefficient (Wildman–Crippen LogP) is 0.778. The van der Waals surface area contributed by atoms with Gasteiger partial charge in [-0.2, -0.15) is 0 Å². The molecule has 0 aromatic carbocycles. The molecule has 0 atom stereocenters. The van der Waals surface area contributed by atoms with Crippen molar-refractivity contribution < 1.29 is 4.22 Å². The fourth-order valence-electron chi connectivity index (χ4n) is 0. The van der Waals surface area contributed by atoms with Gasteiger partial charge in [-0.3, -0.25) is 0 Å². The minimum atomic E-state index is -0.118. The number of nitrogens with zero attached hydrogens (tertiary/aromatic N) is 1. The van der Waals surface area contributed by atoms with Crippen molar-refractivity contribution in [2.75, 3.05) is 14.1 Å². The molecule has 0 unspecified atom stereocenters. The lowest BCUT2D eigenvalue weighted by Crippen LogP contribution is -2.05. The quantitative estimate of drug-likeness (QED) is 0.398. The van der Waals surface area contributed by atoms with Crippen LogP contribution in [0.3, 0.4) is 0 Å². The molecule has 6 heavy (non-hydrogen) atoms. The van der Waals surface area contributed by atoms with Gasteiger partial charge in [0.05, 0.1) is 0 Å². The highest BCUT2D eigenvalue weighted by molar-refractivity contribution is 6.39. The van der Waals surface area contributed by atoms with E-state index < -0.39 is 0 Å². The van der Waals surface area contributed by atoms with Gasteiger partial charge in [0, 0.05) is 13.1 Å². The molecule has 36 valence electrons. The zero-order valence-electron chi connectivity index (χ0n) is 4.95. The van der Waals surface area contributed by atoms with Crippen molar-refractivity contribution in [2.24, 2.45) is 0 Å². The third-order valence-corrected chi connectivity index (χ3v) is 2.68. The lowest BCUT2D eigenvalue weighted by atomic mass is 11.3. The molecule has 0 aromatic rings. The summed E-state index contributed by atoms with van der Waals surface area (Å²) >= 11 is 0. The van der Waals surface area contributed by atoms with Crippen molar-refractivity contribution in [3.8, 4) is 0 Å². The van der Waals surface area contributed by atoms with Gasteiger partial charge < -0.3 is 4.22 Å². The van der Waals surface area contributed by atoms with Crippen LogP contribution in [0.2, 0.25) is 13.1 Å². The molecule has 0 amide bonds. The first-order valence-electron chi connectivity index (χ1n) is 2.12. The van der Waals surface area contributed by atoms with E-state index in [1.54, 1.807) is 0 Å². The van der Waals surface area contributed by atoms with Crippen LogP contribution in [0.5, 0.6) is 0 Å². The van der Waals surface area contributed by atoms with E-state index in [2.05, 4.69) is 31.4 Å². The maximum Gasteiger partial charge on any atom is 0.330 e. The summed E-state index contributed by atoms with van der Waals surface area (Å²) in [4.78, 5) is 0. The highest BCUT2D eigenvalue weighted by atomic mass is 28.2. The third kappa shape index (κ3) is 2.27. The normalized spacial score (nSPS) is 8.00. The maximum atomic E-state index is 2.27. The average Bonchev–Trinajstić information content (AvgIpc) is 1.36. The van der Waals surface area contributed by atoms with Gasteiger partial charge in [-0.1, -0.05) is 0 Å². The predicted molar refractivity (Wildman–Crippen MR) is 29.6 cm³/mol. The summed E-state index contributed by atoms with van der Waals surface area (Å²) in [5.41, 5.74) is 0. The molecule has 0 saturated carbocycles. The van der Waals surface area contributed by atoms with E-state index >= 15 is 0 Å². The average molecular weight is 102 g/mol. The summed E-state index contributed by atoms with van der Waals surface area (Å²) in [5.74, 6) is 0. The Labute approximate surface area is 40.9 Å². The first-order valence-corrected chi connectivity index (χ1v) is 4.57. The molecule has 0 spiro atoms. The Balaban J connectivity index is 3.68. The third-order valence-electron chi connectivity index (χ3n) is 0.894. The fraction of sp³-hybridized carbons (Fsp3) is 1.00. The molecule has 0 N–H and O–H groups in total. The largest absolute Gasteiger partial charge is 0.330 e. The summed E-state index contributed by atoms with van der Waals surface area (Å²) in [7, 11) is 4.12. The van der Waals surface area contributed by atoms with E-state index in [1.165, 1.54) is 0 Å². The number of rotatable bonds is 0. The van der Waals surface area contributed by atoms with Crippen LogP contribution in [0.1, 0.15) is 0 Å². The van der Waals surface area contributed by atoms with Gasteiger partial charge in [-0.25, -0.2) is 0 Å². The first-order chi connectivity index (χ1) is 2.64. The summed E-state index contributed by atoms with van der Waals surface area (Å²) in [6.07, 6.45) is 0. The van der Waals surface area contributed by atoms with Crippen molar-refractivity contribution in [1.82, 2.24) is 0 Å². The minimum absolute atomic E-state index is 0.118. The Morgan fingerprint density at radius 1 is 1.17 bits per heavy atom. The van der Waals surface area contributed by atoms with Crippen molar-refractivity contribution >= 4 is 8.59 Å². The summed E-state index contributed by atoms with van der Waals surface area (Å²) in [6, 6.07) is 0. The molecule has 0 aliphatic heterocycles. The second-order valence-corrected chi connectivity index (χ2v) is 4.63. The minimum Gasteiger partial charge on any atom is -0.321 e. The van der Waals surface area contributed by atoms with Crippen molar-refractivity contribution in [3.05, 3.63) is 0 Å².